The van der Waals surface area contributed by atoms with Gasteiger partial charge >= 0.3 is 0 Å². The molecule has 0 radical (unpaired) electrons. The summed E-state index contributed by atoms with van der Waals surface area (Å²) in [7, 11) is 0. The first-order valence-corrected chi connectivity index (χ1v) is 9.55. The third-order valence-corrected chi connectivity index (χ3v) is 6.43. The first-order valence-electron chi connectivity index (χ1n) is 9.55. The van der Waals surface area contributed by atoms with E-state index in [4.69, 9.17) is 0 Å². The molecule has 1 aromatic heterocycles. The number of aromatic nitrogens is 2. The lowest BCUT2D eigenvalue weighted by Crippen LogP contribution is -2.57. The van der Waals surface area contributed by atoms with Gasteiger partial charge in [-0.3, -0.25) is 25.1 Å². The van der Waals surface area contributed by atoms with E-state index in [9.17, 15) is 14.7 Å². The van der Waals surface area contributed by atoms with E-state index in [1.165, 1.54) is 6.42 Å². The molecule has 0 aromatic carbocycles. The SMILES string of the molecule is Cc1cc(C)n(CC(=O)NNC(=O)CC23CC4CC(CC(O)(C4)C2)C3)n1. The molecule has 2 amide bonds. The van der Waals surface area contributed by atoms with E-state index in [2.05, 4.69) is 16.0 Å². The van der Waals surface area contributed by atoms with Crippen molar-refractivity contribution >= 4 is 11.8 Å². The average molecular weight is 360 g/mol. The summed E-state index contributed by atoms with van der Waals surface area (Å²) in [5.74, 6) is 0.635. The summed E-state index contributed by atoms with van der Waals surface area (Å²) in [5, 5.41) is 15.0. The molecule has 4 aliphatic rings. The molecule has 7 nitrogen and oxygen atoms in total. The number of aliphatic hydroxyl groups is 1. The van der Waals surface area contributed by atoms with Gasteiger partial charge in [0.05, 0.1) is 11.3 Å². The third kappa shape index (κ3) is 3.37. The van der Waals surface area contributed by atoms with Gasteiger partial charge in [-0.15, -0.1) is 0 Å². The van der Waals surface area contributed by atoms with E-state index in [1.807, 2.05) is 19.9 Å². The summed E-state index contributed by atoms with van der Waals surface area (Å²) < 4.78 is 1.62. The molecule has 1 heterocycles. The van der Waals surface area contributed by atoms with Gasteiger partial charge in [0.1, 0.15) is 6.54 Å². The van der Waals surface area contributed by atoms with Crippen molar-refractivity contribution in [1.82, 2.24) is 20.6 Å². The molecule has 4 fully saturated rings. The van der Waals surface area contributed by atoms with Crippen molar-refractivity contribution < 1.29 is 14.7 Å². The zero-order valence-electron chi connectivity index (χ0n) is 15.5. The Morgan fingerprint density at radius 2 is 1.85 bits per heavy atom. The Bertz CT molecular complexity index is 727. The molecular weight excluding hydrogens is 332 g/mol. The van der Waals surface area contributed by atoms with Crippen LogP contribution in [0.25, 0.3) is 0 Å². The minimum Gasteiger partial charge on any atom is -0.390 e. The number of carbonyl (C=O) groups is 2. The van der Waals surface area contributed by atoms with Gasteiger partial charge in [0.2, 0.25) is 5.91 Å². The number of rotatable bonds is 4. The lowest BCUT2D eigenvalue weighted by molar-refractivity contribution is -0.169. The predicted octanol–water partition coefficient (Wildman–Crippen LogP) is 1.37. The van der Waals surface area contributed by atoms with Crippen LogP contribution in [-0.4, -0.2) is 32.3 Å². The highest BCUT2D eigenvalue weighted by molar-refractivity contribution is 5.82. The molecule has 7 heteroatoms. The van der Waals surface area contributed by atoms with Gasteiger partial charge in [-0.05, 0) is 75.7 Å². The Morgan fingerprint density at radius 1 is 1.19 bits per heavy atom. The second-order valence-corrected chi connectivity index (χ2v) is 9.04. The second kappa shape index (κ2) is 6.08. The van der Waals surface area contributed by atoms with Crippen molar-refractivity contribution in [2.45, 2.75) is 70.9 Å². The Labute approximate surface area is 153 Å². The smallest absolute Gasteiger partial charge is 0.260 e. The molecule has 5 rings (SSSR count). The summed E-state index contributed by atoms with van der Waals surface area (Å²) >= 11 is 0. The molecule has 2 atom stereocenters. The van der Waals surface area contributed by atoms with E-state index in [1.54, 1.807) is 4.68 Å². The highest BCUT2D eigenvalue weighted by Gasteiger charge is 2.57. The summed E-state index contributed by atoms with van der Waals surface area (Å²) in [6, 6.07) is 1.91. The molecule has 3 N–H and O–H groups in total. The minimum absolute atomic E-state index is 0.0784. The van der Waals surface area contributed by atoms with E-state index in [0.717, 1.165) is 43.5 Å². The van der Waals surface area contributed by atoms with Crippen LogP contribution in [0.1, 0.15) is 56.3 Å². The lowest BCUT2D eigenvalue weighted by Gasteiger charge is -2.60. The third-order valence-electron chi connectivity index (χ3n) is 6.43. The summed E-state index contributed by atoms with van der Waals surface area (Å²) in [6.07, 6.45) is 6.14. The van der Waals surface area contributed by atoms with E-state index < -0.39 is 5.60 Å². The molecule has 0 aliphatic heterocycles. The first-order chi connectivity index (χ1) is 12.2. The number of aryl methyl sites for hydroxylation is 2. The number of hydrazine groups is 1. The summed E-state index contributed by atoms with van der Waals surface area (Å²) in [4.78, 5) is 24.5. The molecule has 26 heavy (non-hydrogen) atoms. The first kappa shape index (κ1) is 17.5. The second-order valence-electron chi connectivity index (χ2n) is 9.04. The normalized spacial score (nSPS) is 34.7. The minimum atomic E-state index is -0.566. The van der Waals surface area contributed by atoms with E-state index >= 15 is 0 Å². The maximum atomic E-state index is 12.4. The fraction of sp³-hybridized carbons (Fsp3) is 0.737. The van der Waals surface area contributed by atoms with Crippen molar-refractivity contribution in [2.24, 2.45) is 17.3 Å². The van der Waals surface area contributed by atoms with Crippen LogP contribution in [0.2, 0.25) is 0 Å². The Balaban J connectivity index is 1.30. The van der Waals surface area contributed by atoms with Crippen molar-refractivity contribution in [3.8, 4) is 0 Å². The van der Waals surface area contributed by atoms with Gasteiger partial charge in [-0.25, -0.2) is 0 Å². The van der Waals surface area contributed by atoms with Gasteiger partial charge in [-0.2, -0.15) is 5.10 Å². The monoisotopic (exact) mass is 360 g/mol. The molecule has 4 saturated carbocycles. The number of amides is 2. The zero-order chi connectivity index (χ0) is 18.5. The topological polar surface area (TPSA) is 96.2 Å². The van der Waals surface area contributed by atoms with Crippen LogP contribution in [-0.2, 0) is 16.1 Å². The van der Waals surface area contributed by atoms with E-state index in [0.29, 0.717) is 18.3 Å². The van der Waals surface area contributed by atoms with Crippen LogP contribution in [0.3, 0.4) is 0 Å². The van der Waals surface area contributed by atoms with Crippen molar-refractivity contribution in [3.63, 3.8) is 0 Å². The van der Waals surface area contributed by atoms with Gasteiger partial charge < -0.3 is 5.11 Å². The molecule has 142 valence electrons. The maximum absolute atomic E-state index is 12.4. The van der Waals surface area contributed by atoms with Gasteiger partial charge in [0.25, 0.3) is 5.91 Å². The van der Waals surface area contributed by atoms with Crippen LogP contribution in [0.4, 0.5) is 0 Å². The van der Waals surface area contributed by atoms with Gasteiger partial charge in [0.15, 0.2) is 0 Å². The molecule has 1 aromatic rings. The van der Waals surface area contributed by atoms with E-state index in [-0.39, 0.29) is 23.8 Å². The van der Waals surface area contributed by atoms with Crippen molar-refractivity contribution in [2.75, 3.05) is 0 Å². The van der Waals surface area contributed by atoms with Crippen LogP contribution in [0.5, 0.6) is 0 Å². The highest BCUT2D eigenvalue weighted by atomic mass is 16.3. The molecular formula is C19H28N4O3. The van der Waals surface area contributed by atoms with Crippen LogP contribution in [0, 0.1) is 31.1 Å². The van der Waals surface area contributed by atoms with Crippen LogP contribution >= 0.6 is 0 Å². The highest BCUT2D eigenvalue weighted by Crippen LogP contribution is 2.62. The largest absolute Gasteiger partial charge is 0.390 e. The fourth-order valence-corrected chi connectivity index (χ4v) is 6.14. The number of nitrogens with zero attached hydrogens (tertiary/aromatic N) is 2. The van der Waals surface area contributed by atoms with Crippen molar-refractivity contribution in [1.29, 1.82) is 0 Å². The lowest BCUT2D eigenvalue weighted by atomic mass is 9.47. The zero-order valence-corrected chi connectivity index (χ0v) is 15.5. The number of hydrogen-bond donors (Lipinski definition) is 3. The van der Waals surface area contributed by atoms with Crippen LogP contribution in [0.15, 0.2) is 6.07 Å². The molecule has 4 aliphatic carbocycles. The van der Waals surface area contributed by atoms with Crippen molar-refractivity contribution in [3.05, 3.63) is 17.5 Å². The maximum Gasteiger partial charge on any atom is 0.260 e. The Hall–Kier alpha value is -1.89. The fourth-order valence-electron chi connectivity index (χ4n) is 6.14. The van der Waals surface area contributed by atoms with Crippen LogP contribution < -0.4 is 10.9 Å². The predicted molar refractivity (Wildman–Crippen MR) is 94.7 cm³/mol. The molecule has 0 saturated heterocycles. The summed E-state index contributed by atoms with van der Waals surface area (Å²) in [6.45, 7) is 3.85. The van der Waals surface area contributed by atoms with Gasteiger partial charge in [-0.1, -0.05) is 0 Å². The standard InChI is InChI=1S/C19H28N4O3/c1-12-3-13(2)23(22-12)10-17(25)21-20-16(24)9-18-5-14-4-15(6-18)8-19(26,7-14)11-18/h3,14-15,26H,4-11H2,1-2H3,(H,20,24)(H,21,25). The molecule has 2 unspecified atom stereocenters. The Morgan fingerprint density at radius 3 is 2.42 bits per heavy atom. The summed E-state index contributed by atoms with van der Waals surface area (Å²) in [5.41, 5.74) is 6.16. The molecule has 4 bridgehead atoms. The number of nitrogens with one attached hydrogen (secondary N) is 2. The number of hydrogen-bond acceptors (Lipinski definition) is 4. The Kier molecular flexibility index (Phi) is 4.10. The average Bonchev–Trinajstić information content (AvgIpc) is 2.79. The number of carbonyl (C=O) groups excluding carboxylic acids is 2. The van der Waals surface area contributed by atoms with Gasteiger partial charge in [0, 0.05) is 12.1 Å². The quantitative estimate of drug-likeness (QED) is 0.707. The molecule has 0 spiro atoms.